The van der Waals surface area contributed by atoms with Crippen molar-refractivity contribution in [2.45, 2.75) is 6.54 Å². The van der Waals surface area contributed by atoms with Gasteiger partial charge in [-0.25, -0.2) is 14.4 Å². The highest BCUT2D eigenvalue weighted by molar-refractivity contribution is 6.04. The number of ether oxygens (including phenoxy) is 1. The number of carbonyl (C=O) groups is 1. The van der Waals surface area contributed by atoms with Crippen LogP contribution < -0.4 is 15.5 Å². The fourth-order valence-electron chi connectivity index (χ4n) is 3.19. The van der Waals surface area contributed by atoms with Crippen molar-refractivity contribution in [3.05, 3.63) is 77.9 Å². The van der Waals surface area contributed by atoms with Crippen LogP contribution in [0.3, 0.4) is 0 Å². The number of nitrogens with one attached hydrogen (secondary N) is 2. The zero-order chi connectivity index (χ0) is 20.8. The lowest BCUT2D eigenvalue weighted by atomic mass is 10.1. The molecule has 1 fully saturated rings. The van der Waals surface area contributed by atoms with Crippen LogP contribution in [-0.2, 0) is 11.3 Å². The molecule has 1 aliphatic rings. The highest BCUT2D eigenvalue weighted by atomic mass is 19.1. The number of rotatable bonds is 6. The van der Waals surface area contributed by atoms with Gasteiger partial charge in [-0.1, -0.05) is 18.2 Å². The molecule has 0 saturated carbocycles. The summed E-state index contributed by atoms with van der Waals surface area (Å²) in [5.41, 5.74) is 1.88. The van der Waals surface area contributed by atoms with Gasteiger partial charge in [0, 0.05) is 37.0 Å². The molecule has 8 heteroatoms. The molecule has 1 aromatic heterocycles. The second kappa shape index (κ2) is 9.32. The Bertz CT molecular complexity index is 1020. The van der Waals surface area contributed by atoms with Gasteiger partial charge in [-0.3, -0.25) is 4.79 Å². The molecule has 1 amide bonds. The average molecular weight is 407 g/mol. The van der Waals surface area contributed by atoms with E-state index < -0.39 is 5.82 Å². The number of morpholine rings is 1. The maximum absolute atomic E-state index is 13.3. The van der Waals surface area contributed by atoms with Crippen molar-refractivity contribution in [2.75, 3.05) is 41.8 Å². The standard InChI is InChI=1S/C22H22FN5O2/c23-18-5-2-4-17(12-18)22(29)27-19-6-1-3-16(11-19)14-24-20-13-21(26-15-25-20)28-7-9-30-10-8-28/h1-6,11-13,15H,7-10,14H2,(H,27,29)(H,24,25,26). The summed E-state index contributed by atoms with van der Waals surface area (Å²) < 4.78 is 18.7. The number of carbonyl (C=O) groups excluding carboxylic acids is 1. The van der Waals surface area contributed by atoms with Crippen LogP contribution in [0.1, 0.15) is 15.9 Å². The molecular weight excluding hydrogens is 385 g/mol. The van der Waals surface area contributed by atoms with Crippen molar-refractivity contribution in [3.8, 4) is 0 Å². The Kier molecular flexibility index (Phi) is 6.14. The number of benzene rings is 2. The van der Waals surface area contributed by atoms with E-state index in [1.165, 1.54) is 18.2 Å². The number of hydrogen-bond acceptors (Lipinski definition) is 6. The first-order valence-corrected chi connectivity index (χ1v) is 9.72. The zero-order valence-electron chi connectivity index (χ0n) is 16.3. The summed E-state index contributed by atoms with van der Waals surface area (Å²) in [7, 11) is 0. The van der Waals surface area contributed by atoms with Gasteiger partial charge in [0.15, 0.2) is 0 Å². The number of anilines is 3. The summed E-state index contributed by atoms with van der Waals surface area (Å²) in [5, 5.41) is 6.09. The second-order valence-electron chi connectivity index (χ2n) is 6.88. The maximum Gasteiger partial charge on any atom is 0.255 e. The summed E-state index contributed by atoms with van der Waals surface area (Å²) in [4.78, 5) is 23.1. The SMILES string of the molecule is O=C(Nc1cccc(CNc2cc(N3CCOCC3)ncn2)c1)c1cccc(F)c1. The number of aromatic nitrogens is 2. The van der Waals surface area contributed by atoms with E-state index >= 15 is 0 Å². The van der Waals surface area contributed by atoms with E-state index in [1.54, 1.807) is 18.5 Å². The Morgan fingerprint density at radius 2 is 1.90 bits per heavy atom. The van der Waals surface area contributed by atoms with Gasteiger partial charge in [0.2, 0.25) is 0 Å². The van der Waals surface area contributed by atoms with Crippen LogP contribution in [0.2, 0.25) is 0 Å². The molecule has 4 rings (SSSR count). The molecule has 30 heavy (non-hydrogen) atoms. The van der Waals surface area contributed by atoms with Gasteiger partial charge < -0.3 is 20.3 Å². The summed E-state index contributed by atoms with van der Waals surface area (Å²) >= 11 is 0. The third-order valence-corrected chi connectivity index (χ3v) is 4.73. The molecule has 2 N–H and O–H groups in total. The van der Waals surface area contributed by atoms with Crippen molar-refractivity contribution in [1.29, 1.82) is 0 Å². The molecule has 1 saturated heterocycles. The van der Waals surface area contributed by atoms with Crippen molar-refractivity contribution in [2.24, 2.45) is 0 Å². The fourth-order valence-corrected chi connectivity index (χ4v) is 3.19. The van der Waals surface area contributed by atoms with E-state index in [0.717, 1.165) is 30.3 Å². The van der Waals surface area contributed by atoms with Gasteiger partial charge in [0.25, 0.3) is 5.91 Å². The minimum absolute atomic E-state index is 0.273. The van der Waals surface area contributed by atoms with Crippen LogP contribution >= 0.6 is 0 Å². The third-order valence-electron chi connectivity index (χ3n) is 4.73. The van der Waals surface area contributed by atoms with Crippen molar-refractivity contribution in [1.82, 2.24) is 9.97 Å². The molecule has 7 nitrogen and oxygen atoms in total. The average Bonchev–Trinajstić information content (AvgIpc) is 2.79. The van der Waals surface area contributed by atoms with Crippen LogP contribution in [0.5, 0.6) is 0 Å². The van der Waals surface area contributed by atoms with E-state index in [2.05, 4.69) is 25.5 Å². The van der Waals surface area contributed by atoms with Crippen LogP contribution in [0.25, 0.3) is 0 Å². The van der Waals surface area contributed by atoms with Crippen LogP contribution in [0.15, 0.2) is 60.9 Å². The Hall–Kier alpha value is -3.52. The lowest BCUT2D eigenvalue weighted by Crippen LogP contribution is -2.36. The van der Waals surface area contributed by atoms with Crippen molar-refractivity contribution in [3.63, 3.8) is 0 Å². The van der Waals surface area contributed by atoms with Crippen LogP contribution in [0.4, 0.5) is 21.7 Å². The van der Waals surface area contributed by atoms with E-state index in [-0.39, 0.29) is 11.5 Å². The van der Waals surface area contributed by atoms with Gasteiger partial charge >= 0.3 is 0 Å². The molecule has 0 atom stereocenters. The number of halogens is 1. The third kappa shape index (κ3) is 5.09. The molecule has 0 aliphatic carbocycles. The van der Waals surface area contributed by atoms with E-state index in [1.807, 2.05) is 24.3 Å². The smallest absolute Gasteiger partial charge is 0.255 e. The Labute approximate surface area is 173 Å². The summed E-state index contributed by atoms with van der Waals surface area (Å²) in [6.45, 7) is 3.54. The second-order valence-corrected chi connectivity index (χ2v) is 6.88. The van der Waals surface area contributed by atoms with E-state index in [9.17, 15) is 9.18 Å². The van der Waals surface area contributed by atoms with Gasteiger partial charge in [0.05, 0.1) is 13.2 Å². The van der Waals surface area contributed by atoms with Crippen LogP contribution in [-0.4, -0.2) is 42.2 Å². The topological polar surface area (TPSA) is 79.4 Å². The predicted molar refractivity (Wildman–Crippen MR) is 113 cm³/mol. The number of nitrogens with zero attached hydrogens (tertiary/aromatic N) is 3. The lowest BCUT2D eigenvalue weighted by molar-refractivity contribution is 0.102. The van der Waals surface area contributed by atoms with Gasteiger partial charge in [-0.15, -0.1) is 0 Å². The summed E-state index contributed by atoms with van der Waals surface area (Å²) in [5.74, 6) is 0.792. The Morgan fingerprint density at radius 1 is 1.07 bits per heavy atom. The normalized spacial score (nSPS) is 13.7. The molecule has 2 aromatic carbocycles. The number of hydrogen-bond donors (Lipinski definition) is 2. The Morgan fingerprint density at radius 3 is 2.73 bits per heavy atom. The van der Waals surface area contributed by atoms with Crippen molar-refractivity contribution >= 4 is 23.2 Å². The van der Waals surface area contributed by atoms with Crippen LogP contribution in [0, 0.1) is 5.82 Å². The summed E-state index contributed by atoms with van der Waals surface area (Å²) in [6, 6.07) is 15.0. The summed E-state index contributed by atoms with van der Waals surface area (Å²) in [6.07, 6.45) is 1.54. The molecule has 0 bridgehead atoms. The predicted octanol–water partition coefficient (Wildman–Crippen LogP) is 3.32. The molecule has 0 spiro atoms. The first-order valence-electron chi connectivity index (χ1n) is 9.72. The fraction of sp³-hybridized carbons (Fsp3) is 0.227. The molecular formula is C22H22FN5O2. The number of amides is 1. The molecule has 1 aliphatic heterocycles. The van der Waals surface area contributed by atoms with E-state index in [4.69, 9.17) is 4.74 Å². The lowest BCUT2D eigenvalue weighted by Gasteiger charge is -2.27. The monoisotopic (exact) mass is 407 g/mol. The van der Waals surface area contributed by atoms with Gasteiger partial charge in [-0.05, 0) is 35.9 Å². The maximum atomic E-state index is 13.3. The molecule has 154 valence electrons. The molecule has 0 radical (unpaired) electrons. The van der Waals surface area contributed by atoms with Crippen molar-refractivity contribution < 1.29 is 13.9 Å². The van der Waals surface area contributed by atoms with E-state index in [0.29, 0.717) is 25.4 Å². The minimum atomic E-state index is -0.443. The largest absolute Gasteiger partial charge is 0.378 e. The minimum Gasteiger partial charge on any atom is -0.378 e. The highest BCUT2D eigenvalue weighted by Crippen LogP contribution is 2.17. The van der Waals surface area contributed by atoms with Gasteiger partial charge in [0.1, 0.15) is 23.8 Å². The molecule has 0 unspecified atom stereocenters. The Balaban J connectivity index is 1.38. The zero-order valence-corrected chi connectivity index (χ0v) is 16.3. The van der Waals surface area contributed by atoms with Gasteiger partial charge in [-0.2, -0.15) is 0 Å². The first kappa shape index (κ1) is 19.8. The molecule has 3 aromatic rings. The quantitative estimate of drug-likeness (QED) is 0.653. The highest BCUT2D eigenvalue weighted by Gasteiger charge is 2.13. The molecule has 2 heterocycles. The first-order chi connectivity index (χ1) is 14.7.